The molecule has 2 aliphatic rings. The molecule has 13 heavy (non-hydrogen) atoms. The zero-order valence-electron chi connectivity index (χ0n) is 8.92. The summed E-state index contributed by atoms with van der Waals surface area (Å²) in [5.74, 6) is 2.44. The van der Waals surface area contributed by atoms with Gasteiger partial charge in [-0.15, -0.1) is 0 Å². The minimum absolute atomic E-state index is 0.408. The van der Waals surface area contributed by atoms with Gasteiger partial charge in [-0.1, -0.05) is 13.8 Å². The van der Waals surface area contributed by atoms with Crippen LogP contribution >= 0.6 is 0 Å². The highest BCUT2D eigenvalue weighted by atomic mass is 16.3. The second-order valence-corrected chi connectivity index (χ2v) is 5.50. The molecule has 2 saturated carbocycles. The van der Waals surface area contributed by atoms with E-state index in [2.05, 4.69) is 13.8 Å². The fourth-order valence-corrected chi connectivity index (χ4v) is 3.16. The van der Waals surface area contributed by atoms with Crippen LogP contribution in [0.15, 0.2) is 0 Å². The minimum Gasteiger partial charge on any atom is -0.396 e. The maximum Gasteiger partial charge on any atom is 0.0459 e. The molecule has 2 aliphatic carbocycles. The molecular formula is C12H22O. The Morgan fingerprint density at radius 3 is 2.46 bits per heavy atom. The van der Waals surface area contributed by atoms with Crippen LogP contribution in [0.3, 0.4) is 0 Å². The molecule has 0 radical (unpaired) electrons. The van der Waals surface area contributed by atoms with Gasteiger partial charge in [0, 0.05) is 6.61 Å². The zero-order valence-corrected chi connectivity index (χ0v) is 8.92. The largest absolute Gasteiger partial charge is 0.396 e. The van der Waals surface area contributed by atoms with Crippen LogP contribution in [0.25, 0.3) is 0 Å². The van der Waals surface area contributed by atoms with Gasteiger partial charge in [-0.2, -0.15) is 0 Å². The van der Waals surface area contributed by atoms with E-state index in [9.17, 15) is 0 Å². The fourth-order valence-electron chi connectivity index (χ4n) is 3.16. The summed E-state index contributed by atoms with van der Waals surface area (Å²) in [5, 5.41) is 9.13. The molecule has 0 aromatic rings. The van der Waals surface area contributed by atoms with Crippen LogP contribution in [0.4, 0.5) is 0 Å². The van der Waals surface area contributed by atoms with Crippen LogP contribution in [-0.4, -0.2) is 11.7 Å². The first-order chi connectivity index (χ1) is 6.16. The lowest BCUT2D eigenvalue weighted by molar-refractivity contribution is 0.0468. The maximum atomic E-state index is 9.13. The van der Waals surface area contributed by atoms with Crippen LogP contribution in [0, 0.1) is 23.2 Å². The highest BCUT2D eigenvalue weighted by molar-refractivity contribution is 4.97. The first-order valence-corrected chi connectivity index (χ1v) is 5.77. The molecule has 0 heterocycles. The summed E-state index contributed by atoms with van der Waals surface area (Å²) < 4.78 is 0. The van der Waals surface area contributed by atoms with Gasteiger partial charge in [0.05, 0.1) is 0 Å². The Hall–Kier alpha value is -0.0400. The third-order valence-electron chi connectivity index (χ3n) is 4.67. The number of hydrogen-bond acceptors (Lipinski definition) is 1. The highest BCUT2D eigenvalue weighted by Crippen LogP contribution is 2.56. The van der Waals surface area contributed by atoms with Crippen molar-refractivity contribution in [3.05, 3.63) is 0 Å². The molecule has 0 aromatic carbocycles. The van der Waals surface area contributed by atoms with E-state index in [1.807, 2.05) is 0 Å². The van der Waals surface area contributed by atoms with Gasteiger partial charge in [0.25, 0.3) is 0 Å². The SMILES string of the molecule is CC1CC(CO)CCC1(C)C1CC1. The van der Waals surface area contributed by atoms with Crippen molar-refractivity contribution < 1.29 is 5.11 Å². The Kier molecular flexibility index (Phi) is 2.39. The molecule has 2 fully saturated rings. The lowest BCUT2D eigenvalue weighted by Crippen LogP contribution is -2.35. The molecule has 0 amide bonds. The first kappa shape index (κ1) is 9.51. The average molecular weight is 182 g/mol. The van der Waals surface area contributed by atoms with Crippen molar-refractivity contribution in [2.75, 3.05) is 6.61 Å². The second-order valence-electron chi connectivity index (χ2n) is 5.50. The van der Waals surface area contributed by atoms with Gasteiger partial charge >= 0.3 is 0 Å². The lowest BCUT2D eigenvalue weighted by atomic mass is 9.62. The van der Waals surface area contributed by atoms with Gasteiger partial charge in [0.1, 0.15) is 0 Å². The summed E-state index contributed by atoms with van der Waals surface area (Å²) in [6.07, 6.45) is 6.79. The Labute approximate surface area is 81.5 Å². The molecule has 0 saturated heterocycles. The summed E-state index contributed by atoms with van der Waals surface area (Å²) in [5.41, 5.74) is 0.617. The van der Waals surface area contributed by atoms with E-state index in [4.69, 9.17) is 5.11 Å². The summed E-state index contributed by atoms with van der Waals surface area (Å²) in [4.78, 5) is 0. The number of rotatable bonds is 2. The summed E-state index contributed by atoms with van der Waals surface area (Å²) in [7, 11) is 0. The molecule has 3 unspecified atom stereocenters. The topological polar surface area (TPSA) is 20.2 Å². The molecule has 2 rings (SSSR count). The van der Waals surface area contributed by atoms with Crippen LogP contribution in [-0.2, 0) is 0 Å². The molecule has 1 nitrogen and oxygen atoms in total. The summed E-state index contributed by atoms with van der Waals surface area (Å²) in [6.45, 7) is 5.27. The molecule has 0 aromatic heterocycles. The van der Waals surface area contributed by atoms with Gasteiger partial charge in [-0.25, -0.2) is 0 Å². The van der Waals surface area contributed by atoms with E-state index in [-0.39, 0.29) is 0 Å². The Morgan fingerprint density at radius 1 is 1.31 bits per heavy atom. The minimum atomic E-state index is 0.408. The van der Waals surface area contributed by atoms with Gasteiger partial charge in [-0.05, 0) is 55.3 Å². The molecule has 0 aliphatic heterocycles. The summed E-state index contributed by atoms with van der Waals surface area (Å²) in [6, 6.07) is 0. The number of aliphatic hydroxyl groups is 1. The lowest BCUT2D eigenvalue weighted by Gasteiger charge is -2.43. The van der Waals surface area contributed by atoms with Gasteiger partial charge in [0.15, 0.2) is 0 Å². The molecule has 3 atom stereocenters. The van der Waals surface area contributed by atoms with E-state index in [0.717, 1.165) is 11.8 Å². The zero-order chi connectivity index (χ0) is 9.47. The van der Waals surface area contributed by atoms with Crippen molar-refractivity contribution in [3.63, 3.8) is 0 Å². The number of hydrogen-bond donors (Lipinski definition) is 1. The van der Waals surface area contributed by atoms with Crippen LogP contribution in [0.5, 0.6) is 0 Å². The molecule has 1 heteroatoms. The maximum absolute atomic E-state index is 9.13. The second kappa shape index (κ2) is 3.27. The van der Waals surface area contributed by atoms with Gasteiger partial charge < -0.3 is 5.11 Å². The molecule has 0 spiro atoms. The molecular weight excluding hydrogens is 160 g/mol. The van der Waals surface area contributed by atoms with Crippen molar-refractivity contribution in [1.82, 2.24) is 0 Å². The van der Waals surface area contributed by atoms with E-state index in [1.54, 1.807) is 0 Å². The van der Waals surface area contributed by atoms with Crippen molar-refractivity contribution in [3.8, 4) is 0 Å². The van der Waals surface area contributed by atoms with E-state index in [0.29, 0.717) is 17.9 Å². The highest BCUT2D eigenvalue weighted by Gasteiger charge is 2.47. The molecule has 1 N–H and O–H groups in total. The average Bonchev–Trinajstić information content (AvgIpc) is 2.93. The predicted octanol–water partition coefficient (Wildman–Crippen LogP) is 2.83. The van der Waals surface area contributed by atoms with Crippen LogP contribution in [0.1, 0.15) is 46.0 Å². The third-order valence-corrected chi connectivity index (χ3v) is 4.67. The van der Waals surface area contributed by atoms with Crippen LogP contribution in [0.2, 0.25) is 0 Å². The first-order valence-electron chi connectivity index (χ1n) is 5.77. The van der Waals surface area contributed by atoms with E-state index >= 15 is 0 Å². The predicted molar refractivity (Wildman–Crippen MR) is 54.4 cm³/mol. The summed E-state index contributed by atoms with van der Waals surface area (Å²) >= 11 is 0. The Bertz CT molecular complexity index is 186. The Morgan fingerprint density at radius 2 is 2.00 bits per heavy atom. The van der Waals surface area contributed by atoms with Crippen molar-refractivity contribution in [2.45, 2.75) is 46.0 Å². The Balaban J connectivity index is 1.99. The van der Waals surface area contributed by atoms with Gasteiger partial charge in [0.2, 0.25) is 0 Å². The normalized spacial score (nSPS) is 46.4. The monoisotopic (exact) mass is 182 g/mol. The third kappa shape index (κ3) is 1.63. The van der Waals surface area contributed by atoms with Crippen molar-refractivity contribution in [2.24, 2.45) is 23.2 Å². The number of aliphatic hydroxyl groups excluding tert-OH is 1. The van der Waals surface area contributed by atoms with Gasteiger partial charge in [-0.3, -0.25) is 0 Å². The molecule has 76 valence electrons. The van der Waals surface area contributed by atoms with Crippen molar-refractivity contribution in [1.29, 1.82) is 0 Å². The van der Waals surface area contributed by atoms with E-state index in [1.165, 1.54) is 32.1 Å². The fraction of sp³-hybridized carbons (Fsp3) is 1.00. The standard InChI is InChI=1S/C12H22O/c1-9-7-10(8-13)5-6-12(9,2)11-3-4-11/h9-11,13H,3-8H2,1-2H3. The van der Waals surface area contributed by atoms with E-state index < -0.39 is 0 Å². The van der Waals surface area contributed by atoms with Crippen molar-refractivity contribution >= 4 is 0 Å². The molecule has 0 bridgehead atoms. The smallest absolute Gasteiger partial charge is 0.0459 e. The van der Waals surface area contributed by atoms with Crippen LogP contribution < -0.4 is 0 Å². The quantitative estimate of drug-likeness (QED) is 0.696.